The number of hydrogen-bond acceptors (Lipinski definition) is 14. The van der Waals surface area contributed by atoms with Crippen LogP contribution < -0.4 is 5.73 Å². The van der Waals surface area contributed by atoms with Gasteiger partial charge in [-0.1, -0.05) is 69.7 Å². The Morgan fingerprint density at radius 2 is 1.64 bits per heavy atom. The molecule has 1 unspecified atom stereocenters. The number of ketones is 3. The molecule has 15 atom stereocenters. The number of fused-ring (bicyclic) bond motifs is 3. The van der Waals surface area contributed by atoms with Crippen LogP contribution in [0.15, 0.2) is 70.4 Å². The van der Waals surface area contributed by atoms with Crippen LogP contribution in [0.1, 0.15) is 130 Å². The minimum Gasteiger partial charge on any atom is -0.469 e. The Hall–Kier alpha value is -4.09. The molecule has 0 radical (unpaired) electrons. The third-order valence-electron chi connectivity index (χ3n) is 14.7. The molecule has 372 valence electrons. The summed E-state index contributed by atoms with van der Waals surface area (Å²) in [6.45, 7) is 10.4. The lowest BCUT2D eigenvalue weighted by atomic mass is 9.80. The molecule has 2 saturated heterocycles. The number of nitrogens with zero attached hydrogens (tertiary/aromatic N) is 1. The lowest BCUT2D eigenvalue weighted by Crippen LogP contribution is -2.61. The first kappa shape index (κ1) is 53.9. The van der Waals surface area contributed by atoms with Gasteiger partial charge in [0.05, 0.1) is 24.6 Å². The molecule has 2 bridgehead atoms. The van der Waals surface area contributed by atoms with E-state index in [-0.39, 0.29) is 42.7 Å². The fraction of sp³-hybridized carbons (Fsp3) is 0.673. The monoisotopic (exact) mass is 937 g/mol. The first-order chi connectivity index (χ1) is 31.7. The van der Waals surface area contributed by atoms with Crippen LogP contribution in [0.3, 0.4) is 0 Å². The number of piperidine rings is 1. The van der Waals surface area contributed by atoms with Gasteiger partial charge in [0.1, 0.15) is 35.9 Å². The van der Waals surface area contributed by atoms with E-state index in [1.54, 1.807) is 33.1 Å². The summed E-state index contributed by atoms with van der Waals surface area (Å²) in [4.78, 5) is 71.5. The van der Waals surface area contributed by atoms with Crippen LogP contribution in [0.5, 0.6) is 0 Å². The molecule has 1 aromatic heterocycles. The highest BCUT2D eigenvalue weighted by Gasteiger charge is 2.53. The Morgan fingerprint density at radius 1 is 0.896 bits per heavy atom. The molecule has 15 heteroatoms. The molecule has 6 N–H and O–H groups in total. The van der Waals surface area contributed by atoms with E-state index in [0.717, 1.165) is 10.5 Å². The summed E-state index contributed by atoms with van der Waals surface area (Å²) in [7, 11) is 1.53. The number of ether oxygens (including phenoxy) is 3. The molecule has 0 aromatic carbocycles. The third-order valence-corrected chi connectivity index (χ3v) is 14.7. The van der Waals surface area contributed by atoms with E-state index in [9.17, 15) is 44.4 Å². The fourth-order valence-corrected chi connectivity index (χ4v) is 10.3. The van der Waals surface area contributed by atoms with Crippen molar-refractivity contribution in [2.24, 2.45) is 35.3 Å². The van der Waals surface area contributed by atoms with E-state index in [1.807, 2.05) is 50.3 Å². The maximum absolute atomic E-state index is 14.3. The number of carbonyl (C=O) groups is 5. The van der Waals surface area contributed by atoms with Gasteiger partial charge < -0.3 is 49.7 Å². The van der Waals surface area contributed by atoms with Gasteiger partial charge in [-0.2, -0.15) is 0 Å². The molecular weight excluding hydrogens is 861 g/mol. The van der Waals surface area contributed by atoms with Gasteiger partial charge in [0.2, 0.25) is 5.79 Å². The molecule has 1 aliphatic carbocycles. The van der Waals surface area contributed by atoms with Crippen molar-refractivity contribution in [2.75, 3.05) is 13.7 Å². The standard InChI is InChI=1S/C52H76N2O13/c1-30-14-9-8-10-15-31(2)38(43-17-13-23-65-43)28-37-20-18-35(6)52(63,67-37)49(60)50(61)54-22-12-11-16-40(54)51(62)66-44(39(53)26-36-19-21-41(55)45(27-36)64-7)29-42(56)32(3)25-34(5)47(58)48(59)46(57)33(4)24-30/h8-10,13-15,17,23,25,30,32-33,35-41,44-45,47-48,55,58-59,63H,11-12,16,18-22,24,26-29,53H2,1-7H3/b10-8+,14-9+,31-15+,34-25+/t30-,32-,33-,35-,36+,37+,38?,39-,40+,41-,44+,45-,47-,48+,52-/m1/s1. The molecule has 4 heterocycles. The fourth-order valence-electron chi connectivity index (χ4n) is 10.3. The molecule has 0 spiro atoms. The Balaban J connectivity index is 1.48. The number of rotatable bonds is 5. The highest BCUT2D eigenvalue weighted by Crippen LogP contribution is 2.40. The second-order valence-electron chi connectivity index (χ2n) is 19.9. The van der Waals surface area contributed by atoms with E-state index in [4.69, 9.17) is 24.4 Å². The molecule has 15 nitrogen and oxygen atoms in total. The number of cyclic esters (lactones) is 1. The van der Waals surface area contributed by atoms with Gasteiger partial charge in [-0.25, -0.2) is 4.79 Å². The topological polar surface area (TPSA) is 236 Å². The summed E-state index contributed by atoms with van der Waals surface area (Å²) in [5, 5.41) is 44.7. The molecule has 1 aromatic rings. The smallest absolute Gasteiger partial charge is 0.329 e. The zero-order valence-electron chi connectivity index (χ0n) is 40.5. The van der Waals surface area contributed by atoms with E-state index in [0.29, 0.717) is 70.0 Å². The molecule has 4 aliphatic rings. The van der Waals surface area contributed by atoms with Crippen molar-refractivity contribution in [3.63, 3.8) is 0 Å². The van der Waals surface area contributed by atoms with Gasteiger partial charge in [-0.3, -0.25) is 19.2 Å². The largest absolute Gasteiger partial charge is 0.469 e. The highest BCUT2D eigenvalue weighted by molar-refractivity contribution is 6.39. The number of allylic oxidation sites excluding steroid dienone is 7. The van der Waals surface area contributed by atoms with Gasteiger partial charge in [0, 0.05) is 49.8 Å². The van der Waals surface area contributed by atoms with Gasteiger partial charge in [-0.05, 0) is 114 Å². The SMILES string of the molecule is CO[C@@H]1C[C@H](C[C@@H](N)[C@@H]2CC(=O)[C@H](C)/C=C(\C)[C@@H](O)[C@@H](O)C(=O)[C@H](C)C[C@H](C)/C=C/C=C/C=C(\C)C(c3ccco3)C[C@@H]3CC[C@@H](C)[C@@](O)(O3)C(=O)C(=O)N3CCCC[C@H]3C(=O)O2)CC[C@H]1O. The van der Waals surface area contributed by atoms with Gasteiger partial charge in [0.15, 0.2) is 5.78 Å². The van der Waals surface area contributed by atoms with Crippen LogP contribution >= 0.6 is 0 Å². The minimum atomic E-state index is -2.47. The number of carbonyl (C=O) groups excluding carboxylic acids is 5. The van der Waals surface area contributed by atoms with Crippen LogP contribution in [0.4, 0.5) is 0 Å². The Bertz CT molecular complexity index is 1980. The Labute approximate surface area is 395 Å². The van der Waals surface area contributed by atoms with E-state index >= 15 is 0 Å². The van der Waals surface area contributed by atoms with Gasteiger partial charge in [-0.15, -0.1) is 0 Å². The Kier molecular flexibility index (Phi) is 19.7. The quantitative estimate of drug-likeness (QED) is 0.138. The van der Waals surface area contributed by atoms with Gasteiger partial charge >= 0.3 is 5.97 Å². The summed E-state index contributed by atoms with van der Waals surface area (Å²) < 4.78 is 23.7. The van der Waals surface area contributed by atoms with Crippen LogP contribution in [-0.4, -0.2) is 123 Å². The number of aliphatic hydroxyl groups is 4. The van der Waals surface area contributed by atoms with Crippen molar-refractivity contribution >= 4 is 29.2 Å². The summed E-state index contributed by atoms with van der Waals surface area (Å²) >= 11 is 0. The van der Waals surface area contributed by atoms with Gasteiger partial charge in [0.25, 0.3) is 11.7 Å². The van der Waals surface area contributed by atoms with E-state index in [2.05, 4.69) is 0 Å². The summed E-state index contributed by atoms with van der Waals surface area (Å²) in [6, 6.07) is 1.55. The average molecular weight is 937 g/mol. The summed E-state index contributed by atoms with van der Waals surface area (Å²) in [6.07, 6.45) is 10.8. The van der Waals surface area contributed by atoms with Crippen molar-refractivity contribution in [2.45, 2.75) is 179 Å². The van der Waals surface area contributed by atoms with Crippen molar-refractivity contribution in [1.29, 1.82) is 0 Å². The van der Waals surface area contributed by atoms with Crippen molar-refractivity contribution in [1.82, 2.24) is 4.90 Å². The zero-order valence-corrected chi connectivity index (χ0v) is 40.5. The van der Waals surface area contributed by atoms with Crippen LogP contribution in [0, 0.1) is 29.6 Å². The summed E-state index contributed by atoms with van der Waals surface area (Å²) in [5.41, 5.74) is 7.95. The number of hydrogen-bond donors (Lipinski definition) is 5. The zero-order chi connectivity index (χ0) is 49.2. The van der Waals surface area contributed by atoms with Crippen LogP contribution in [0.2, 0.25) is 0 Å². The molecule has 3 aliphatic heterocycles. The van der Waals surface area contributed by atoms with Crippen molar-refractivity contribution < 1.29 is 63.0 Å². The predicted molar refractivity (Wildman–Crippen MR) is 250 cm³/mol. The number of esters is 1. The molecule has 5 rings (SSSR count). The number of methoxy groups -OCH3 is 1. The second-order valence-corrected chi connectivity index (χ2v) is 19.9. The minimum absolute atomic E-state index is 0.0273. The van der Waals surface area contributed by atoms with Crippen LogP contribution in [-0.2, 0) is 38.2 Å². The summed E-state index contributed by atoms with van der Waals surface area (Å²) in [5.74, 6) is -8.41. The normalized spacial score (nSPS) is 39.6. The molecule has 1 amide bonds. The third kappa shape index (κ3) is 13.8. The second kappa shape index (κ2) is 24.5. The maximum atomic E-state index is 14.3. The highest BCUT2D eigenvalue weighted by atomic mass is 16.6. The predicted octanol–water partition coefficient (Wildman–Crippen LogP) is 5.58. The maximum Gasteiger partial charge on any atom is 0.329 e. The number of furan rings is 1. The number of amides is 1. The Morgan fingerprint density at radius 3 is 2.34 bits per heavy atom. The molecule has 67 heavy (non-hydrogen) atoms. The molecular formula is C52H76N2O13. The van der Waals surface area contributed by atoms with Crippen molar-refractivity contribution in [3.8, 4) is 0 Å². The van der Waals surface area contributed by atoms with Crippen molar-refractivity contribution in [3.05, 3.63) is 71.8 Å². The van der Waals surface area contributed by atoms with E-state index < -0.39 is 101 Å². The van der Waals surface area contributed by atoms with Crippen LogP contribution in [0.25, 0.3) is 0 Å². The number of nitrogens with two attached hydrogens (primary N) is 1. The number of aliphatic hydroxyl groups excluding tert-OH is 3. The first-order valence-electron chi connectivity index (χ1n) is 24.3. The lowest BCUT2D eigenvalue weighted by molar-refractivity contribution is -0.264. The average Bonchev–Trinajstić information content (AvgIpc) is 3.85. The lowest BCUT2D eigenvalue weighted by Gasteiger charge is -2.42. The molecule has 3 fully saturated rings. The van der Waals surface area contributed by atoms with E-state index in [1.165, 1.54) is 20.1 Å². The first-order valence-corrected chi connectivity index (χ1v) is 24.3. The molecule has 1 saturated carbocycles. The number of Topliss-reactive ketones (excluding diaryl/α,β-unsaturated/α-hetero) is 3.